The van der Waals surface area contributed by atoms with E-state index >= 15 is 0 Å². The van der Waals surface area contributed by atoms with Crippen molar-refractivity contribution in [2.45, 2.75) is 32.7 Å². The Hall–Kier alpha value is -1.66. The van der Waals surface area contributed by atoms with E-state index in [0.717, 1.165) is 29.9 Å². The molecule has 1 N–H and O–H groups in total. The zero-order valence-electron chi connectivity index (χ0n) is 11.8. The molecule has 0 saturated heterocycles. The van der Waals surface area contributed by atoms with Gasteiger partial charge in [-0.05, 0) is 42.5 Å². The minimum absolute atomic E-state index is 0.162. The number of aromatic amines is 1. The lowest BCUT2D eigenvalue weighted by molar-refractivity contribution is 0.239. The molecular formula is C16H18ClN3. The largest absolute Gasteiger partial charge is 0.356 e. The second-order valence-electron chi connectivity index (χ2n) is 5.90. The summed E-state index contributed by atoms with van der Waals surface area (Å²) in [6, 6.07) is 6.13. The van der Waals surface area contributed by atoms with Crippen LogP contribution < -0.4 is 0 Å². The van der Waals surface area contributed by atoms with Gasteiger partial charge in [0, 0.05) is 28.2 Å². The second kappa shape index (κ2) is 5.03. The Labute approximate surface area is 124 Å². The highest BCUT2D eigenvalue weighted by Gasteiger charge is 2.30. The third-order valence-electron chi connectivity index (χ3n) is 4.04. The number of fused-ring (bicyclic) bond motifs is 3. The number of nitrogens with zero attached hydrogens (tertiary/aromatic N) is 2. The predicted octanol–water partition coefficient (Wildman–Crippen LogP) is 4.25. The van der Waals surface area contributed by atoms with Crippen LogP contribution in [0.1, 0.15) is 37.6 Å². The van der Waals surface area contributed by atoms with E-state index in [2.05, 4.69) is 25.0 Å². The van der Waals surface area contributed by atoms with E-state index < -0.39 is 0 Å². The number of hydrogen-bond acceptors (Lipinski definition) is 2. The van der Waals surface area contributed by atoms with Gasteiger partial charge >= 0.3 is 0 Å². The van der Waals surface area contributed by atoms with Crippen LogP contribution in [0.4, 0.5) is 0 Å². The van der Waals surface area contributed by atoms with Gasteiger partial charge in [0.05, 0.1) is 6.04 Å². The lowest BCUT2D eigenvalue weighted by atomic mass is 9.92. The number of rotatable bonds is 2. The smallest absolute Gasteiger partial charge is 0.179 e. The van der Waals surface area contributed by atoms with Crippen LogP contribution in [0.2, 0.25) is 5.02 Å². The molecule has 0 fully saturated rings. The van der Waals surface area contributed by atoms with E-state index in [1.165, 1.54) is 16.6 Å². The normalized spacial score (nSPS) is 18.4. The SMILES string of the molecule is CC(C)C[C@H]1c2[nH]c3ccc(Cl)cc3c2CCN1C#N. The average molecular weight is 288 g/mol. The summed E-state index contributed by atoms with van der Waals surface area (Å²) in [5, 5.41) is 11.3. The van der Waals surface area contributed by atoms with Gasteiger partial charge in [-0.2, -0.15) is 5.26 Å². The minimum Gasteiger partial charge on any atom is -0.356 e. The Morgan fingerprint density at radius 1 is 1.50 bits per heavy atom. The van der Waals surface area contributed by atoms with Gasteiger partial charge < -0.3 is 9.88 Å². The topological polar surface area (TPSA) is 42.8 Å². The molecular weight excluding hydrogens is 270 g/mol. The van der Waals surface area contributed by atoms with Crippen molar-refractivity contribution in [3.63, 3.8) is 0 Å². The van der Waals surface area contributed by atoms with Crippen LogP contribution in [0, 0.1) is 17.4 Å². The van der Waals surface area contributed by atoms with E-state index in [0.29, 0.717) is 5.92 Å². The maximum atomic E-state index is 9.36. The van der Waals surface area contributed by atoms with Crippen molar-refractivity contribution in [3.05, 3.63) is 34.5 Å². The third kappa shape index (κ3) is 2.14. The summed E-state index contributed by atoms with van der Waals surface area (Å²) in [6.45, 7) is 5.19. The van der Waals surface area contributed by atoms with Gasteiger partial charge in [0.2, 0.25) is 0 Å². The van der Waals surface area contributed by atoms with Crippen molar-refractivity contribution in [1.29, 1.82) is 5.26 Å². The average Bonchev–Trinajstić information content (AvgIpc) is 2.77. The van der Waals surface area contributed by atoms with Crippen molar-refractivity contribution < 1.29 is 0 Å². The Morgan fingerprint density at radius 3 is 3.00 bits per heavy atom. The van der Waals surface area contributed by atoms with Crippen molar-refractivity contribution in [1.82, 2.24) is 9.88 Å². The van der Waals surface area contributed by atoms with Gasteiger partial charge in [0.15, 0.2) is 6.19 Å². The lowest BCUT2D eigenvalue weighted by Gasteiger charge is -2.32. The molecule has 0 bridgehead atoms. The molecule has 3 nitrogen and oxygen atoms in total. The monoisotopic (exact) mass is 287 g/mol. The third-order valence-corrected chi connectivity index (χ3v) is 4.27. The molecule has 1 atom stereocenters. The summed E-state index contributed by atoms with van der Waals surface area (Å²) >= 11 is 6.12. The van der Waals surface area contributed by atoms with Gasteiger partial charge in [-0.3, -0.25) is 0 Å². The van der Waals surface area contributed by atoms with E-state index in [-0.39, 0.29) is 6.04 Å². The maximum Gasteiger partial charge on any atom is 0.179 e. The summed E-state index contributed by atoms with van der Waals surface area (Å²) in [7, 11) is 0. The summed E-state index contributed by atoms with van der Waals surface area (Å²) in [5.41, 5.74) is 3.65. The second-order valence-corrected chi connectivity index (χ2v) is 6.33. The molecule has 1 aromatic heterocycles. The Morgan fingerprint density at radius 2 is 2.30 bits per heavy atom. The van der Waals surface area contributed by atoms with Gasteiger partial charge in [-0.15, -0.1) is 0 Å². The first-order chi connectivity index (χ1) is 9.60. The fraction of sp³-hybridized carbons (Fsp3) is 0.438. The molecule has 104 valence electrons. The first kappa shape index (κ1) is 13.3. The van der Waals surface area contributed by atoms with Crippen LogP contribution in [-0.4, -0.2) is 16.4 Å². The molecule has 20 heavy (non-hydrogen) atoms. The number of benzene rings is 1. The maximum absolute atomic E-state index is 9.36. The Bertz CT molecular complexity index is 681. The number of nitriles is 1. The minimum atomic E-state index is 0.162. The highest BCUT2D eigenvalue weighted by molar-refractivity contribution is 6.31. The fourth-order valence-electron chi connectivity index (χ4n) is 3.15. The highest BCUT2D eigenvalue weighted by atomic mass is 35.5. The summed E-state index contributed by atoms with van der Waals surface area (Å²) in [6.07, 6.45) is 4.23. The molecule has 0 aliphatic carbocycles. The van der Waals surface area contributed by atoms with Crippen molar-refractivity contribution in [3.8, 4) is 6.19 Å². The van der Waals surface area contributed by atoms with Crippen molar-refractivity contribution in [2.75, 3.05) is 6.54 Å². The van der Waals surface area contributed by atoms with Crippen molar-refractivity contribution in [2.24, 2.45) is 5.92 Å². The van der Waals surface area contributed by atoms with Crippen LogP contribution in [-0.2, 0) is 6.42 Å². The molecule has 0 amide bonds. The Balaban J connectivity index is 2.13. The number of hydrogen-bond donors (Lipinski definition) is 1. The van der Waals surface area contributed by atoms with Gasteiger partial charge in [0.1, 0.15) is 0 Å². The van der Waals surface area contributed by atoms with Gasteiger partial charge in [-0.25, -0.2) is 0 Å². The van der Waals surface area contributed by atoms with Crippen LogP contribution in [0.25, 0.3) is 10.9 Å². The van der Waals surface area contributed by atoms with E-state index in [4.69, 9.17) is 11.6 Å². The fourth-order valence-corrected chi connectivity index (χ4v) is 3.32. The van der Waals surface area contributed by atoms with Gasteiger partial charge in [-0.1, -0.05) is 25.4 Å². The van der Waals surface area contributed by atoms with E-state index in [1.54, 1.807) is 0 Å². The first-order valence-electron chi connectivity index (χ1n) is 7.06. The molecule has 1 aliphatic rings. The molecule has 1 aliphatic heterocycles. The Kier molecular flexibility index (Phi) is 3.35. The molecule has 1 aromatic carbocycles. The van der Waals surface area contributed by atoms with Crippen LogP contribution in [0.5, 0.6) is 0 Å². The van der Waals surface area contributed by atoms with Crippen LogP contribution >= 0.6 is 11.6 Å². The number of halogens is 1. The highest BCUT2D eigenvalue weighted by Crippen LogP contribution is 2.38. The quantitative estimate of drug-likeness (QED) is 0.839. The standard InChI is InChI=1S/C16H18ClN3/c1-10(2)7-15-16-12(5-6-20(15)9-18)13-8-11(17)3-4-14(13)19-16/h3-4,8,10,15,19H,5-7H2,1-2H3/t15-/m0/s1. The molecule has 0 spiro atoms. The molecule has 2 heterocycles. The molecule has 2 aromatic rings. The molecule has 0 saturated carbocycles. The van der Waals surface area contributed by atoms with E-state index in [9.17, 15) is 5.26 Å². The summed E-state index contributed by atoms with van der Waals surface area (Å²) < 4.78 is 0. The molecule has 0 radical (unpaired) electrons. The lowest BCUT2D eigenvalue weighted by Crippen LogP contribution is -2.32. The molecule has 4 heteroatoms. The van der Waals surface area contributed by atoms with Gasteiger partial charge in [0.25, 0.3) is 0 Å². The number of nitrogens with one attached hydrogen (secondary N) is 1. The molecule has 3 rings (SSSR count). The number of aromatic nitrogens is 1. The summed E-state index contributed by atoms with van der Waals surface area (Å²) in [4.78, 5) is 5.41. The van der Waals surface area contributed by atoms with E-state index in [1.807, 2.05) is 23.1 Å². The first-order valence-corrected chi connectivity index (χ1v) is 7.44. The zero-order chi connectivity index (χ0) is 14.3. The predicted molar refractivity (Wildman–Crippen MR) is 81.5 cm³/mol. The van der Waals surface area contributed by atoms with Crippen molar-refractivity contribution >= 4 is 22.5 Å². The zero-order valence-corrected chi connectivity index (χ0v) is 12.5. The summed E-state index contributed by atoms with van der Waals surface area (Å²) in [5.74, 6) is 0.553. The van der Waals surface area contributed by atoms with Crippen LogP contribution in [0.3, 0.4) is 0 Å². The van der Waals surface area contributed by atoms with Crippen LogP contribution in [0.15, 0.2) is 18.2 Å². The molecule has 0 unspecified atom stereocenters. The number of H-pyrrole nitrogens is 1.